The van der Waals surface area contributed by atoms with Crippen molar-refractivity contribution in [2.24, 2.45) is 0 Å². The first kappa shape index (κ1) is 14.2. The van der Waals surface area contributed by atoms with Crippen LogP contribution in [-0.2, 0) is 6.42 Å². The molecule has 3 nitrogen and oxygen atoms in total. The topological polar surface area (TPSA) is 37.8 Å². The van der Waals surface area contributed by atoms with E-state index in [2.05, 4.69) is 42.1 Å². The van der Waals surface area contributed by atoms with E-state index < -0.39 is 0 Å². The molecule has 0 aromatic carbocycles. The Bertz CT molecular complexity index is 507. The van der Waals surface area contributed by atoms with Crippen molar-refractivity contribution in [1.29, 1.82) is 0 Å². The van der Waals surface area contributed by atoms with Crippen molar-refractivity contribution < 1.29 is 0 Å². The highest BCUT2D eigenvalue weighted by atomic mass is 32.1. The highest BCUT2D eigenvalue weighted by Crippen LogP contribution is 2.27. The SMILES string of the molecule is CCCNC(Cc1ccccn1)c1sc(C)nc1C. The summed E-state index contributed by atoms with van der Waals surface area (Å²) in [7, 11) is 0. The smallest absolute Gasteiger partial charge is 0.0900 e. The Morgan fingerprint density at radius 2 is 2.16 bits per heavy atom. The number of aromatic nitrogens is 2. The van der Waals surface area contributed by atoms with Crippen LogP contribution >= 0.6 is 11.3 Å². The molecular formula is C15H21N3S. The largest absolute Gasteiger partial charge is 0.309 e. The fourth-order valence-corrected chi connectivity index (χ4v) is 3.18. The maximum Gasteiger partial charge on any atom is 0.0900 e. The number of aryl methyl sites for hydroxylation is 2. The highest BCUT2D eigenvalue weighted by molar-refractivity contribution is 7.11. The van der Waals surface area contributed by atoms with Crippen LogP contribution in [0.15, 0.2) is 24.4 Å². The highest BCUT2D eigenvalue weighted by Gasteiger charge is 2.17. The molecule has 0 fully saturated rings. The fourth-order valence-electron chi connectivity index (χ4n) is 2.17. The molecule has 0 aliphatic carbocycles. The van der Waals surface area contributed by atoms with Crippen molar-refractivity contribution in [2.75, 3.05) is 6.54 Å². The van der Waals surface area contributed by atoms with Crippen LogP contribution in [-0.4, -0.2) is 16.5 Å². The van der Waals surface area contributed by atoms with Crippen LogP contribution in [0.2, 0.25) is 0 Å². The van der Waals surface area contributed by atoms with Crippen LogP contribution in [0.25, 0.3) is 0 Å². The first-order valence-electron chi connectivity index (χ1n) is 6.78. The molecule has 0 saturated carbocycles. The van der Waals surface area contributed by atoms with Gasteiger partial charge in [0.1, 0.15) is 0 Å². The minimum Gasteiger partial charge on any atom is -0.309 e. The van der Waals surface area contributed by atoms with Crippen LogP contribution in [0.5, 0.6) is 0 Å². The van der Waals surface area contributed by atoms with Gasteiger partial charge in [0.2, 0.25) is 0 Å². The number of nitrogens with one attached hydrogen (secondary N) is 1. The molecule has 1 N–H and O–H groups in total. The second-order valence-corrected chi connectivity index (χ2v) is 5.95. The molecule has 102 valence electrons. The summed E-state index contributed by atoms with van der Waals surface area (Å²) in [4.78, 5) is 10.3. The Kier molecular flexibility index (Phi) is 5.05. The lowest BCUT2D eigenvalue weighted by molar-refractivity contribution is 0.529. The van der Waals surface area contributed by atoms with E-state index >= 15 is 0 Å². The molecule has 2 aromatic heterocycles. The number of hydrogen-bond acceptors (Lipinski definition) is 4. The molecule has 0 saturated heterocycles. The summed E-state index contributed by atoms with van der Waals surface area (Å²) < 4.78 is 0. The lowest BCUT2D eigenvalue weighted by atomic mass is 10.1. The van der Waals surface area contributed by atoms with Gasteiger partial charge in [0.05, 0.1) is 10.7 Å². The van der Waals surface area contributed by atoms with Gasteiger partial charge >= 0.3 is 0 Å². The van der Waals surface area contributed by atoms with Gasteiger partial charge in [0.25, 0.3) is 0 Å². The van der Waals surface area contributed by atoms with E-state index in [1.807, 2.05) is 18.3 Å². The molecule has 2 rings (SSSR count). The standard InChI is InChI=1S/C15H21N3S/c1-4-8-17-14(10-13-7-5-6-9-16-13)15-11(2)18-12(3)19-15/h5-7,9,14,17H,4,8,10H2,1-3H3. The second kappa shape index (κ2) is 6.78. The Hall–Kier alpha value is -1.26. The Balaban J connectivity index is 2.18. The van der Waals surface area contributed by atoms with E-state index in [4.69, 9.17) is 0 Å². The summed E-state index contributed by atoms with van der Waals surface area (Å²) in [5, 5.41) is 4.75. The number of pyridine rings is 1. The van der Waals surface area contributed by atoms with Crippen molar-refractivity contribution in [3.63, 3.8) is 0 Å². The zero-order valence-electron chi connectivity index (χ0n) is 11.8. The molecule has 0 amide bonds. The number of thiazole rings is 1. The summed E-state index contributed by atoms with van der Waals surface area (Å²) in [6.45, 7) is 7.38. The average molecular weight is 275 g/mol. The van der Waals surface area contributed by atoms with Crippen LogP contribution in [0.3, 0.4) is 0 Å². The number of nitrogens with zero attached hydrogens (tertiary/aromatic N) is 2. The molecule has 0 bridgehead atoms. The summed E-state index contributed by atoms with van der Waals surface area (Å²) in [5.41, 5.74) is 2.27. The third-order valence-corrected chi connectivity index (χ3v) is 4.22. The Morgan fingerprint density at radius 1 is 1.32 bits per heavy atom. The molecular weight excluding hydrogens is 254 g/mol. The van der Waals surface area contributed by atoms with Crippen molar-refractivity contribution in [1.82, 2.24) is 15.3 Å². The lowest BCUT2D eigenvalue weighted by Crippen LogP contribution is -2.24. The third kappa shape index (κ3) is 3.85. The van der Waals surface area contributed by atoms with Crippen LogP contribution in [0.4, 0.5) is 0 Å². The lowest BCUT2D eigenvalue weighted by Gasteiger charge is -2.17. The molecule has 1 atom stereocenters. The third-order valence-electron chi connectivity index (χ3n) is 3.04. The van der Waals surface area contributed by atoms with Crippen molar-refractivity contribution >= 4 is 11.3 Å². The zero-order chi connectivity index (χ0) is 13.7. The summed E-state index contributed by atoms with van der Waals surface area (Å²) in [6, 6.07) is 6.41. The van der Waals surface area contributed by atoms with E-state index in [1.54, 1.807) is 11.3 Å². The van der Waals surface area contributed by atoms with E-state index in [0.717, 1.165) is 35.8 Å². The fraction of sp³-hybridized carbons (Fsp3) is 0.467. The van der Waals surface area contributed by atoms with Crippen LogP contribution < -0.4 is 5.32 Å². The van der Waals surface area contributed by atoms with Crippen molar-refractivity contribution in [3.05, 3.63) is 45.7 Å². The predicted molar refractivity (Wildman–Crippen MR) is 80.6 cm³/mol. The second-order valence-electron chi connectivity index (χ2n) is 4.71. The Labute approximate surface area is 119 Å². The van der Waals surface area contributed by atoms with Gasteiger partial charge in [-0.3, -0.25) is 4.98 Å². The number of hydrogen-bond donors (Lipinski definition) is 1. The average Bonchev–Trinajstić information content (AvgIpc) is 2.75. The molecule has 0 aliphatic rings. The van der Waals surface area contributed by atoms with Gasteiger partial charge < -0.3 is 5.32 Å². The van der Waals surface area contributed by atoms with E-state index in [0.29, 0.717) is 6.04 Å². The summed E-state index contributed by atoms with van der Waals surface area (Å²) in [6.07, 6.45) is 3.91. The van der Waals surface area contributed by atoms with E-state index in [1.165, 1.54) is 4.88 Å². The predicted octanol–water partition coefficient (Wildman–Crippen LogP) is 3.44. The Morgan fingerprint density at radius 3 is 2.74 bits per heavy atom. The monoisotopic (exact) mass is 275 g/mol. The minimum atomic E-state index is 0.320. The first-order chi connectivity index (χ1) is 9.20. The molecule has 0 spiro atoms. The zero-order valence-corrected chi connectivity index (χ0v) is 12.6. The first-order valence-corrected chi connectivity index (χ1v) is 7.59. The van der Waals surface area contributed by atoms with E-state index in [-0.39, 0.29) is 0 Å². The van der Waals surface area contributed by atoms with Gasteiger partial charge in [-0.25, -0.2) is 4.98 Å². The van der Waals surface area contributed by atoms with Gasteiger partial charge in [-0.2, -0.15) is 0 Å². The molecule has 2 heterocycles. The molecule has 4 heteroatoms. The van der Waals surface area contributed by atoms with Gasteiger partial charge in [-0.05, 0) is 38.9 Å². The molecule has 0 radical (unpaired) electrons. The van der Waals surface area contributed by atoms with Gasteiger partial charge in [-0.1, -0.05) is 13.0 Å². The van der Waals surface area contributed by atoms with Gasteiger partial charge in [0, 0.05) is 29.2 Å². The molecule has 1 unspecified atom stereocenters. The van der Waals surface area contributed by atoms with Crippen molar-refractivity contribution in [3.8, 4) is 0 Å². The molecule has 2 aromatic rings. The van der Waals surface area contributed by atoms with Crippen molar-refractivity contribution in [2.45, 2.75) is 39.7 Å². The maximum atomic E-state index is 4.54. The number of rotatable bonds is 6. The van der Waals surface area contributed by atoms with Gasteiger partial charge in [0.15, 0.2) is 0 Å². The van der Waals surface area contributed by atoms with Crippen LogP contribution in [0.1, 0.15) is 40.7 Å². The quantitative estimate of drug-likeness (QED) is 0.877. The molecule has 19 heavy (non-hydrogen) atoms. The molecule has 0 aliphatic heterocycles. The summed E-state index contributed by atoms with van der Waals surface area (Å²) >= 11 is 1.79. The minimum absolute atomic E-state index is 0.320. The normalized spacial score (nSPS) is 12.6. The van der Waals surface area contributed by atoms with E-state index in [9.17, 15) is 0 Å². The van der Waals surface area contributed by atoms with Crippen LogP contribution in [0, 0.1) is 13.8 Å². The van der Waals surface area contributed by atoms with Gasteiger partial charge in [-0.15, -0.1) is 11.3 Å². The maximum absolute atomic E-state index is 4.54. The summed E-state index contributed by atoms with van der Waals surface area (Å²) in [5.74, 6) is 0.